The summed E-state index contributed by atoms with van der Waals surface area (Å²) in [6, 6.07) is 0. The number of carbonyl (C=O) groups is 2. The lowest BCUT2D eigenvalue weighted by molar-refractivity contribution is -0.132. The summed E-state index contributed by atoms with van der Waals surface area (Å²) in [5, 5.41) is 0. The van der Waals surface area contributed by atoms with Gasteiger partial charge < -0.3 is 4.74 Å². The van der Waals surface area contributed by atoms with Crippen LogP contribution in [0.1, 0.15) is 26.2 Å². The van der Waals surface area contributed by atoms with E-state index in [2.05, 4.69) is 13.0 Å². The van der Waals surface area contributed by atoms with Gasteiger partial charge in [-0.3, -0.25) is 4.79 Å². The third-order valence-electron chi connectivity index (χ3n) is 3.01. The van der Waals surface area contributed by atoms with Crippen LogP contribution in [0.25, 0.3) is 0 Å². The van der Waals surface area contributed by atoms with Crippen LogP contribution in [-0.4, -0.2) is 30.1 Å². The van der Waals surface area contributed by atoms with Gasteiger partial charge >= 0.3 is 6.09 Å². The first-order valence-electron chi connectivity index (χ1n) is 5.32. The molecule has 82 valence electrons. The number of carbonyl (C=O) groups excluding carboxylic acids is 2. The molecule has 0 bridgehead atoms. The smallest absolute Gasteiger partial charge is 0.416 e. The third-order valence-corrected chi connectivity index (χ3v) is 3.01. The Kier molecular flexibility index (Phi) is 2.75. The van der Waals surface area contributed by atoms with Crippen LogP contribution in [0.4, 0.5) is 4.79 Å². The van der Waals surface area contributed by atoms with Crippen LogP contribution >= 0.6 is 0 Å². The summed E-state index contributed by atoms with van der Waals surface area (Å²) >= 11 is 0. The van der Waals surface area contributed by atoms with Crippen molar-refractivity contribution in [1.29, 1.82) is 0 Å². The second-order valence-electron chi connectivity index (χ2n) is 4.13. The van der Waals surface area contributed by atoms with Crippen LogP contribution in [0.5, 0.6) is 0 Å². The van der Waals surface area contributed by atoms with Crippen molar-refractivity contribution in [2.75, 3.05) is 13.2 Å². The van der Waals surface area contributed by atoms with Gasteiger partial charge in [0.1, 0.15) is 6.61 Å². The van der Waals surface area contributed by atoms with E-state index in [-0.39, 0.29) is 11.8 Å². The lowest BCUT2D eigenvalue weighted by Gasteiger charge is -2.22. The minimum absolute atomic E-state index is 0.0284. The minimum atomic E-state index is -0.480. The van der Waals surface area contributed by atoms with Crippen LogP contribution < -0.4 is 0 Å². The first kappa shape index (κ1) is 10.2. The molecule has 0 N–H and O–H groups in total. The van der Waals surface area contributed by atoms with Gasteiger partial charge in [0.25, 0.3) is 0 Å². The Balaban J connectivity index is 1.99. The molecule has 1 heterocycles. The van der Waals surface area contributed by atoms with Crippen molar-refractivity contribution in [1.82, 2.24) is 4.90 Å². The third kappa shape index (κ3) is 2.03. The SMILES string of the molecule is CC1=CCC(C(=O)N2CCOC2=O)CC1. The van der Waals surface area contributed by atoms with Gasteiger partial charge in [-0.15, -0.1) is 0 Å². The molecule has 4 nitrogen and oxygen atoms in total. The number of hydrogen-bond acceptors (Lipinski definition) is 3. The summed E-state index contributed by atoms with van der Waals surface area (Å²) in [6.45, 7) is 2.83. The fourth-order valence-corrected chi connectivity index (χ4v) is 2.00. The molecule has 0 aromatic rings. The highest BCUT2D eigenvalue weighted by Crippen LogP contribution is 2.25. The molecule has 0 saturated carbocycles. The number of hydrogen-bond donors (Lipinski definition) is 0. The molecule has 2 amide bonds. The highest BCUT2D eigenvalue weighted by atomic mass is 16.6. The quantitative estimate of drug-likeness (QED) is 0.618. The van der Waals surface area contributed by atoms with Gasteiger partial charge in [0.2, 0.25) is 5.91 Å². The molecule has 2 rings (SSSR count). The van der Waals surface area contributed by atoms with Crippen molar-refractivity contribution in [2.45, 2.75) is 26.2 Å². The first-order valence-corrected chi connectivity index (χ1v) is 5.32. The van der Waals surface area contributed by atoms with E-state index in [1.165, 1.54) is 10.5 Å². The van der Waals surface area contributed by atoms with Crippen LogP contribution in [0.2, 0.25) is 0 Å². The van der Waals surface area contributed by atoms with E-state index in [1.54, 1.807) is 0 Å². The van der Waals surface area contributed by atoms with Gasteiger partial charge in [0.05, 0.1) is 6.54 Å². The largest absolute Gasteiger partial charge is 0.447 e. The van der Waals surface area contributed by atoms with E-state index < -0.39 is 6.09 Å². The maximum absolute atomic E-state index is 11.9. The molecule has 1 aliphatic carbocycles. The fourth-order valence-electron chi connectivity index (χ4n) is 2.00. The zero-order valence-electron chi connectivity index (χ0n) is 8.86. The molecule has 4 heteroatoms. The number of amides is 2. The van der Waals surface area contributed by atoms with Gasteiger partial charge in [-0.1, -0.05) is 11.6 Å². The Hall–Kier alpha value is -1.32. The van der Waals surface area contributed by atoms with Gasteiger partial charge in [-0.2, -0.15) is 0 Å². The molecule has 0 aromatic carbocycles. The molecule has 1 aliphatic heterocycles. The van der Waals surface area contributed by atoms with Gasteiger partial charge in [-0.25, -0.2) is 9.69 Å². The maximum Gasteiger partial charge on any atom is 0.416 e. The highest BCUT2D eigenvalue weighted by molar-refractivity contribution is 5.94. The Morgan fingerprint density at radius 2 is 2.40 bits per heavy atom. The average Bonchev–Trinajstić information content (AvgIpc) is 2.65. The number of ether oxygens (including phenoxy) is 1. The summed E-state index contributed by atoms with van der Waals surface area (Å²) < 4.78 is 4.75. The molecule has 15 heavy (non-hydrogen) atoms. The highest BCUT2D eigenvalue weighted by Gasteiger charge is 2.33. The van der Waals surface area contributed by atoms with Gasteiger partial charge in [0, 0.05) is 5.92 Å². The molecule has 1 fully saturated rings. The molecule has 0 radical (unpaired) electrons. The summed E-state index contributed by atoms with van der Waals surface area (Å²) in [6.07, 6.45) is 4.18. The van der Waals surface area contributed by atoms with E-state index >= 15 is 0 Å². The number of allylic oxidation sites excluding steroid dienone is 2. The Morgan fingerprint density at radius 3 is 2.93 bits per heavy atom. The van der Waals surface area contributed by atoms with Crippen molar-refractivity contribution in [3.05, 3.63) is 11.6 Å². The summed E-state index contributed by atoms with van der Waals surface area (Å²) in [5.41, 5.74) is 1.34. The summed E-state index contributed by atoms with van der Waals surface area (Å²) in [7, 11) is 0. The van der Waals surface area contributed by atoms with E-state index in [1.807, 2.05) is 0 Å². The maximum atomic E-state index is 11.9. The number of imide groups is 1. The van der Waals surface area contributed by atoms with Crippen molar-refractivity contribution < 1.29 is 14.3 Å². The van der Waals surface area contributed by atoms with E-state index in [9.17, 15) is 9.59 Å². The van der Waals surface area contributed by atoms with Crippen LogP contribution in [0, 0.1) is 5.92 Å². The Morgan fingerprint density at radius 1 is 1.60 bits per heavy atom. The Bertz CT molecular complexity index is 322. The number of rotatable bonds is 1. The molecule has 1 atom stereocenters. The normalized spacial score (nSPS) is 26.2. The second kappa shape index (κ2) is 4.04. The average molecular weight is 209 g/mol. The summed E-state index contributed by atoms with van der Waals surface area (Å²) in [5.74, 6) is -0.0967. The standard InChI is InChI=1S/C11H15NO3/c1-8-2-4-9(5-3-8)10(13)12-6-7-15-11(12)14/h2,9H,3-7H2,1H3. The predicted molar refractivity (Wildman–Crippen MR) is 54.2 cm³/mol. The fraction of sp³-hybridized carbons (Fsp3) is 0.636. The van der Waals surface area contributed by atoms with E-state index in [0.29, 0.717) is 13.2 Å². The van der Waals surface area contributed by atoms with Crippen molar-refractivity contribution in [3.63, 3.8) is 0 Å². The monoisotopic (exact) mass is 209 g/mol. The molecule has 1 saturated heterocycles. The molecule has 1 unspecified atom stereocenters. The van der Waals surface area contributed by atoms with Gasteiger partial charge in [-0.05, 0) is 26.2 Å². The molecule has 2 aliphatic rings. The summed E-state index contributed by atoms with van der Waals surface area (Å²) in [4.78, 5) is 24.3. The van der Waals surface area contributed by atoms with Crippen molar-refractivity contribution in [2.24, 2.45) is 5.92 Å². The van der Waals surface area contributed by atoms with Crippen LogP contribution in [0.3, 0.4) is 0 Å². The lowest BCUT2D eigenvalue weighted by atomic mass is 9.89. The zero-order valence-corrected chi connectivity index (χ0v) is 8.86. The van der Waals surface area contributed by atoms with Gasteiger partial charge in [0.15, 0.2) is 0 Å². The molecule has 0 spiro atoms. The Labute approximate surface area is 88.9 Å². The van der Waals surface area contributed by atoms with Crippen LogP contribution in [-0.2, 0) is 9.53 Å². The molecular weight excluding hydrogens is 194 g/mol. The number of cyclic esters (lactones) is 1. The lowest BCUT2D eigenvalue weighted by Crippen LogP contribution is -2.37. The molecule has 0 aromatic heterocycles. The van der Waals surface area contributed by atoms with Crippen molar-refractivity contribution in [3.8, 4) is 0 Å². The predicted octanol–water partition coefficient (Wildman–Crippen LogP) is 1.71. The van der Waals surface area contributed by atoms with Crippen molar-refractivity contribution >= 4 is 12.0 Å². The van der Waals surface area contributed by atoms with Crippen LogP contribution in [0.15, 0.2) is 11.6 Å². The zero-order chi connectivity index (χ0) is 10.8. The number of nitrogens with zero attached hydrogens (tertiary/aromatic N) is 1. The second-order valence-corrected chi connectivity index (χ2v) is 4.13. The van der Waals surface area contributed by atoms with E-state index in [4.69, 9.17) is 4.74 Å². The first-order chi connectivity index (χ1) is 7.18. The van der Waals surface area contributed by atoms with E-state index in [0.717, 1.165) is 19.3 Å². The molecular formula is C11H15NO3. The topological polar surface area (TPSA) is 46.6 Å². The minimum Gasteiger partial charge on any atom is -0.447 e.